The van der Waals surface area contributed by atoms with Crippen LogP contribution in [-0.2, 0) is 9.59 Å². The van der Waals surface area contributed by atoms with Gasteiger partial charge in [-0.2, -0.15) is 13.2 Å². The van der Waals surface area contributed by atoms with E-state index >= 15 is 0 Å². The molecule has 0 aromatic carbocycles. The van der Waals surface area contributed by atoms with Gasteiger partial charge in [-0.1, -0.05) is 15.9 Å². The lowest BCUT2D eigenvalue weighted by molar-refractivity contribution is -0.141. The Balaban J connectivity index is 3.89. The number of nitrogens with zero attached hydrogens (tertiary/aromatic N) is 1. The molecule has 0 aromatic heterocycles. The standard InChI is InChI=1S/C7H10BrF3N2O2/c1-13(6(15)2-8)3-5(14)12-4-7(9,10)11/h2-4H2,1H3,(H,12,14). The Morgan fingerprint density at radius 3 is 2.33 bits per heavy atom. The number of hydrogen-bond donors (Lipinski definition) is 1. The van der Waals surface area contributed by atoms with Crippen LogP contribution < -0.4 is 5.32 Å². The molecule has 0 aromatic rings. The Bertz CT molecular complexity index is 245. The predicted octanol–water partition coefficient (Wildman–Crippen LogP) is 0.518. The van der Waals surface area contributed by atoms with Crippen LogP contribution in [0.15, 0.2) is 0 Å². The molecular weight excluding hydrogens is 281 g/mol. The first-order valence-corrected chi connectivity index (χ1v) is 5.02. The number of carbonyl (C=O) groups excluding carboxylic acids is 2. The molecule has 1 N–H and O–H groups in total. The molecule has 88 valence electrons. The van der Waals surface area contributed by atoms with Crippen molar-refractivity contribution in [3.05, 3.63) is 0 Å². The molecular formula is C7H10BrF3N2O2. The molecule has 0 unspecified atom stereocenters. The van der Waals surface area contributed by atoms with E-state index in [2.05, 4.69) is 15.9 Å². The molecule has 0 aliphatic heterocycles. The highest BCUT2D eigenvalue weighted by Gasteiger charge is 2.27. The van der Waals surface area contributed by atoms with E-state index in [1.54, 1.807) is 5.32 Å². The van der Waals surface area contributed by atoms with Crippen molar-refractivity contribution in [2.24, 2.45) is 0 Å². The molecule has 0 rings (SSSR count). The number of alkyl halides is 4. The fraction of sp³-hybridized carbons (Fsp3) is 0.714. The minimum atomic E-state index is -4.44. The maximum Gasteiger partial charge on any atom is 0.405 e. The molecule has 0 saturated heterocycles. The summed E-state index contributed by atoms with van der Waals surface area (Å²) >= 11 is 2.87. The predicted molar refractivity (Wildman–Crippen MR) is 50.5 cm³/mol. The molecule has 0 atom stereocenters. The van der Waals surface area contributed by atoms with E-state index in [-0.39, 0.29) is 17.8 Å². The van der Waals surface area contributed by atoms with Crippen molar-refractivity contribution in [3.63, 3.8) is 0 Å². The lowest BCUT2D eigenvalue weighted by Gasteiger charge is -2.15. The minimum absolute atomic E-state index is 0.0239. The lowest BCUT2D eigenvalue weighted by Crippen LogP contribution is -2.42. The summed E-state index contributed by atoms with van der Waals surface area (Å²) in [5.74, 6) is -1.22. The van der Waals surface area contributed by atoms with E-state index in [9.17, 15) is 22.8 Å². The molecule has 8 heteroatoms. The van der Waals surface area contributed by atoms with Gasteiger partial charge in [-0.3, -0.25) is 9.59 Å². The lowest BCUT2D eigenvalue weighted by atomic mass is 10.4. The number of carbonyl (C=O) groups is 2. The van der Waals surface area contributed by atoms with Gasteiger partial charge in [0.1, 0.15) is 6.54 Å². The van der Waals surface area contributed by atoms with Crippen molar-refractivity contribution in [2.45, 2.75) is 6.18 Å². The first kappa shape index (κ1) is 14.2. The summed E-state index contributed by atoms with van der Waals surface area (Å²) in [7, 11) is 1.33. The number of nitrogens with one attached hydrogen (secondary N) is 1. The van der Waals surface area contributed by atoms with Crippen LogP contribution in [0, 0.1) is 0 Å². The summed E-state index contributed by atoms with van der Waals surface area (Å²) in [6.45, 7) is -1.78. The zero-order valence-corrected chi connectivity index (χ0v) is 9.48. The molecule has 0 bridgehead atoms. The first-order valence-electron chi connectivity index (χ1n) is 3.89. The first-order chi connectivity index (χ1) is 6.76. The van der Waals surface area contributed by atoms with Gasteiger partial charge in [-0.05, 0) is 0 Å². The van der Waals surface area contributed by atoms with Crippen molar-refractivity contribution < 1.29 is 22.8 Å². The second-order valence-corrected chi connectivity index (χ2v) is 3.34. The Morgan fingerprint density at radius 2 is 1.93 bits per heavy atom. The molecule has 0 radical (unpaired) electrons. The van der Waals surface area contributed by atoms with Crippen molar-refractivity contribution >= 4 is 27.7 Å². The van der Waals surface area contributed by atoms with Crippen LogP contribution in [0.5, 0.6) is 0 Å². The number of halogens is 4. The Hall–Kier alpha value is -0.790. The summed E-state index contributed by atoms with van der Waals surface area (Å²) in [6.07, 6.45) is -4.44. The highest BCUT2D eigenvalue weighted by atomic mass is 79.9. The second-order valence-electron chi connectivity index (χ2n) is 2.78. The van der Waals surface area contributed by atoms with E-state index in [1.807, 2.05) is 0 Å². The normalized spacial score (nSPS) is 11.0. The summed E-state index contributed by atoms with van der Waals surface area (Å²) in [5, 5.41) is 1.68. The third-order valence-corrected chi connectivity index (χ3v) is 1.89. The molecule has 2 amide bonds. The van der Waals surface area contributed by atoms with Crippen LogP contribution >= 0.6 is 15.9 Å². The fourth-order valence-electron chi connectivity index (χ4n) is 0.660. The van der Waals surface area contributed by atoms with Crippen LogP contribution in [0.3, 0.4) is 0 Å². The Morgan fingerprint density at radius 1 is 1.40 bits per heavy atom. The van der Waals surface area contributed by atoms with Crippen LogP contribution in [0.4, 0.5) is 13.2 Å². The number of rotatable bonds is 4. The van der Waals surface area contributed by atoms with Gasteiger partial charge in [0.15, 0.2) is 0 Å². The van der Waals surface area contributed by atoms with Crippen LogP contribution in [0.25, 0.3) is 0 Å². The number of hydrogen-bond acceptors (Lipinski definition) is 2. The van der Waals surface area contributed by atoms with Crippen LogP contribution in [0.1, 0.15) is 0 Å². The Kier molecular flexibility index (Phi) is 5.63. The summed E-state index contributed by atoms with van der Waals surface area (Å²) in [5.41, 5.74) is 0. The molecule has 4 nitrogen and oxygen atoms in total. The van der Waals surface area contributed by atoms with Crippen molar-refractivity contribution in [1.82, 2.24) is 10.2 Å². The molecule has 0 saturated carbocycles. The maximum atomic E-state index is 11.7. The van der Waals surface area contributed by atoms with Gasteiger partial charge in [0.2, 0.25) is 11.8 Å². The zero-order valence-electron chi connectivity index (χ0n) is 7.90. The average molecular weight is 291 g/mol. The number of likely N-dealkylation sites (N-methyl/N-ethyl adjacent to an activating group) is 1. The van der Waals surface area contributed by atoms with Gasteiger partial charge in [0.05, 0.1) is 11.9 Å². The van der Waals surface area contributed by atoms with E-state index in [0.29, 0.717) is 0 Å². The third-order valence-electron chi connectivity index (χ3n) is 1.41. The Labute approximate surface area is 92.9 Å². The van der Waals surface area contributed by atoms with E-state index in [1.165, 1.54) is 7.05 Å². The van der Waals surface area contributed by atoms with E-state index in [0.717, 1.165) is 4.90 Å². The fourth-order valence-corrected chi connectivity index (χ4v) is 1.09. The molecule has 0 aliphatic rings. The zero-order chi connectivity index (χ0) is 12.1. The number of amides is 2. The molecule has 0 aliphatic carbocycles. The highest BCUT2D eigenvalue weighted by Crippen LogP contribution is 2.11. The minimum Gasteiger partial charge on any atom is -0.345 e. The molecule has 0 spiro atoms. The van der Waals surface area contributed by atoms with Crippen molar-refractivity contribution in [1.29, 1.82) is 0 Å². The van der Waals surface area contributed by atoms with Gasteiger partial charge < -0.3 is 10.2 Å². The average Bonchev–Trinajstić information content (AvgIpc) is 2.12. The molecule has 0 fully saturated rings. The van der Waals surface area contributed by atoms with Crippen LogP contribution in [-0.4, -0.2) is 48.4 Å². The largest absolute Gasteiger partial charge is 0.405 e. The maximum absolute atomic E-state index is 11.7. The SMILES string of the molecule is CN(CC(=O)NCC(F)(F)F)C(=O)CBr. The molecule has 15 heavy (non-hydrogen) atoms. The van der Waals surface area contributed by atoms with Gasteiger partial charge in [-0.15, -0.1) is 0 Å². The van der Waals surface area contributed by atoms with E-state index < -0.39 is 18.6 Å². The third kappa shape index (κ3) is 7.18. The molecule has 0 heterocycles. The van der Waals surface area contributed by atoms with Gasteiger partial charge in [0.25, 0.3) is 0 Å². The smallest absolute Gasteiger partial charge is 0.345 e. The van der Waals surface area contributed by atoms with Gasteiger partial charge >= 0.3 is 6.18 Å². The quantitative estimate of drug-likeness (QED) is 0.768. The summed E-state index contributed by atoms with van der Waals surface area (Å²) < 4.78 is 35.0. The summed E-state index contributed by atoms with van der Waals surface area (Å²) in [4.78, 5) is 22.9. The monoisotopic (exact) mass is 290 g/mol. The van der Waals surface area contributed by atoms with Gasteiger partial charge in [-0.25, -0.2) is 0 Å². The van der Waals surface area contributed by atoms with Crippen molar-refractivity contribution in [2.75, 3.05) is 25.5 Å². The van der Waals surface area contributed by atoms with Crippen molar-refractivity contribution in [3.8, 4) is 0 Å². The van der Waals surface area contributed by atoms with E-state index in [4.69, 9.17) is 0 Å². The second kappa shape index (κ2) is 5.94. The highest BCUT2D eigenvalue weighted by molar-refractivity contribution is 9.09. The van der Waals surface area contributed by atoms with Crippen LogP contribution in [0.2, 0.25) is 0 Å². The van der Waals surface area contributed by atoms with Gasteiger partial charge in [0, 0.05) is 7.05 Å². The topological polar surface area (TPSA) is 49.4 Å². The summed E-state index contributed by atoms with van der Waals surface area (Å²) in [6, 6.07) is 0.